The van der Waals surface area contributed by atoms with E-state index in [0.717, 1.165) is 4.90 Å². The second-order valence-electron chi connectivity index (χ2n) is 6.05. The molecule has 0 aliphatic carbocycles. The molecule has 8 nitrogen and oxygen atoms in total. The summed E-state index contributed by atoms with van der Waals surface area (Å²) in [5, 5.41) is 11.1. The molecule has 1 aliphatic heterocycles. The summed E-state index contributed by atoms with van der Waals surface area (Å²) in [6.07, 6.45) is -2.02. The van der Waals surface area contributed by atoms with E-state index in [-0.39, 0.29) is 32.7 Å². The smallest absolute Gasteiger partial charge is 0.410 e. The average Bonchev–Trinajstić information content (AvgIpc) is 2.36. The molecule has 0 aromatic rings. The van der Waals surface area contributed by atoms with Crippen molar-refractivity contribution in [1.29, 1.82) is 0 Å². The van der Waals surface area contributed by atoms with Gasteiger partial charge in [-0.1, -0.05) is 0 Å². The molecule has 1 atom stereocenters. The van der Waals surface area contributed by atoms with Gasteiger partial charge in [0.25, 0.3) is 0 Å². The number of nitrogens with zero attached hydrogens (tertiary/aromatic N) is 2. The van der Waals surface area contributed by atoms with E-state index in [1.54, 1.807) is 27.7 Å². The fourth-order valence-electron chi connectivity index (χ4n) is 2.17. The molecule has 1 heterocycles. The Labute approximate surface area is 130 Å². The van der Waals surface area contributed by atoms with Crippen LogP contribution in [-0.4, -0.2) is 65.8 Å². The first-order valence-corrected chi connectivity index (χ1v) is 7.25. The van der Waals surface area contributed by atoms with E-state index in [0.29, 0.717) is 0 Å². The predicted molar refractivity (Wildman–Crippen MR) is 74.9 cm³/mol. The first kappa shape index (κ1) is 18.1. The summed E-state index contributed by atoms with van der Waals surface area (Å²) in [4.78, 5) is 37.2. The van der Waals surface area contributed by atoms with Gasteiger partial charge < -0.3 is 29.2 Å². The Kier molecular flexibility index (Phi) is 6.01. The van der Waals surface area contributed by atoms with Crippen molar-refractivity contribution in [2.75, 3.05) is 26.2 Å². The van der Waals surface area contributed by atoms with Gasteiger partial charge in [0.05, 0.1) is 19.1 Å². The number of hydrogen-bond acceptors (Lipinski definition) is 6. The molecule has 1 unspecified atom stereocenters. The van der Waals surface area contributed by atoms with Gasteiger partial charge in [-0.25, -0.2) is 4.79 Å². The molecule has 0 radical (unpaired) electrons. The van der Waals surface area contributed by atoms with Crippen LogP contribution in [0.1, 0.15) is 34.1 Å². The summed E-state index contributed by atoms with van der Waals surface area (Å²) in [5.41, 5.74) is -0.640. The van der Waals surface area contributed by atoms with Crippen LogP contribution in [0.4, 0.5) is 9.59 Å². The third kappa shape index (κ3) is 5.42. The van der Waals surface area contributed by atoms with Crippen LogP contribution in [0.3, 0.4) is 0 Å². The maximum Gasteiger partial charge on any atom is 0.410 e. The summed E-state index contributed by atoms with van der Waals surface area (Å²) in [5.74, 6) is -0.509. The molecule has 0 aromatic heterocycles. The Hall–Kier alpha value is -1.99. The van der Waals surface area contributed by atoms with Crippen molar-refractivity contribution in [3.05, 3.63) is 0 Å². The highest BCUT2D eigenvalue weighted by Gasteiger charge is 2.33. The molecule has 2 amide bonds. The third-order valence-corrected chi connectivity index (χ3v) is 3.08. The molecule has 1 fully saturated rings. The fourth-order valence-corrected chi connectivity index (χ4v) is 2.17. The second kappa shape index (κ2) is 7.33. The van der Waals surface area contributed by atoms with Crippen LogP contribution in [-0.2, 0) is 14.3 Å². The molecule has 1 saturated heterocycles. The van der Waals surface area contributed by atoms with Crippen LogP contribution >= 0.6 is 0 Å². The quantitative estimate of drug-likeness (QED) is 0.690. The SMILES string of the molecule is CCOC(=O)CC1CN(C(=O)OC(C)(C)C)CCN1C(=O)[O-]. The van der Waals surface area contributed by atoms with E-state index < -0.39 is 29.8 Å². The second-order valence-corrected chi connectivity index (χ2v) is 6.05. The van der Waals surface area contributed by atoms with Gasteiger partial charge in [-0.2, -0.15) is 0 Å². The number of carboxylic acid groups (broad SMARTS) is 1. The molecular formula is C14H23N2O6-. The van der Waals surface area contributed by atoms with E-state index in [2.05, 4.69) is 0 Å². The lowest BCUT2D eigenvalue weighted by Crippen LogP contribution is -2.60. The van der Waals surface area contributed by atoms with Crippen LogP contribution in [0.2, 0.25) is 0 Å². The minimum Gasteiger partial charge on any atom is -0.530 e. The number of rotatable bonds is 3. The van der Waals surface area contributed by atoms with Crippen LogP contribution in [0.25, 0.3) is 0 Å². The zero-order valence-electron chi connectivity index (χ0n) is 13.5. The minimum atomic E-state index is -1.36. The Morgan fingerprint density at radius 3 is 2.36 bits per heavy atom. The molecule has 1 aliphatic rings. The molecular weight excluding hydrogens is 292 g/mol. The van der Waals surface area contributed by atoms with Crippen LogP contribution in [0.5, 0.6) is 0 Å². The van der Waals surface area contributed by atoms with E-state index in [9.17, 15) is 19.5 Å². The first-order chi connectivity index (χ1) is 10.1. The van der Waals surface area contributed by atoms with E-state index >= 15 is 0 Å². The van der Waals surface area contributed by atoms with E-state index in [4.69, 9.17) is 9.47 Å². The normalized spacial score (nSPS) is 18.8. The molecule has 0 saturated carbocycles. The monoisotopic (exact) mass is 315 g/mol. The number of carbonyl (C=O) groups excluding carboxylic acids is 3. The molecule has 0 N–H and O–H groups in total. The van der Waals surface area contributed by atoms with Crippen LogP contribution in [0, 0.1) is 0 Å². The van der Waals surface area contributed by atoms with E-state index in [1.807, 2.05) is 0 Å². The van der Waals surface area contributed by atoms with Crippen molar-refractivity contribution < 1.29 is 29.0 Å². The number of carbonyl (C=O) groups is 3. The Balaban J connectivity index is 2.73. The number of amides is 2. The lowest BCUT2D eigenvalue weighted by Gasteiger charge is -2.42. The van der Waals surface area contributed by atoms with Crippen molar-refractivity contribution in [3.63, 3.8) is 0 Å². The summed E-state index contributed by atoms with van der Waals surface area (Å²) in [6.45, 7) is 7.47. The molecule has 126 valence electrons. The van der Waals surface area contributed by atoms with Crippen molar-refractivity contribution in [3.8, 4) is 0 Å². The maximum absolute atomic E-state index is 12.1. The number of hydrogen-bond donors (Lipinski definition) is 0. The highest BCUT2D eigenvalue weighted by molar-refractivity contribution is 5.73. The van der Waals surface area contributed by atoms with Gasteiger partial charge in [0.15, 0.2) is 0 Å². The van der Waals surface area contributed by atoms with Gasteiger partial charge in [-0.3, -0.25) is 4.79 Å². The highest BCUT2D eigenvalue weighted by atomic mass is 16.6. The molecule has 0 aromatic carbocycles. The summed E-state index contributed by atoms with van der Waals surface area (Å²) < 4.78 is 10.1. The average molecular weight is 315 g/mol. The zero-order valence-corrected chi connectivity index (χ0v) is 13.5. The summed E-state index contributed by atoms with van der Waals surface area (Å²) in [6, 6.07) is -0.690. The zero-order chi connectivity index (χ0) is 16.9. The van der Waals surface area contributed by atoms with Gasteiger partial charge in [0, 0.05) is 19.6 Å². The Morgan fingerprint density at radius 1 is 1.23 bits per heavy atom. The number of ether oxygens (including phenoxy) is 2. The molecule has 8 heteroatoms. The minimum absolute atomic E-state index is 0.0711. The predicted octanol–water partition coefficient (Wildman–Crippen LogP) is 0.204. The van der Waals surface area contributed by atoms with Crippen LogP contribution in [0.15, 0.2) is 0 Å². The van der Waals surface area contributed by atoms with E-state index in [1.165, 1.54) is 4.90 Å². The lowest BCUT2D eigenvalue weighted by atomic mass is 10.1. The number of esters is 1. The van der Waals surface area contributed by atoms with Crippen molar-refractivity contribution in [2.45, 2.75) is 45.8 Å². The molecule has 1 rings (SSSR count). The lowest BCUT2D eigenvalue weighted by molar-refractivity contribution is -0.269. The van der Waals surface area contributed by atoms with Crippen LogP contribution < -0.4 is 5.11 Å². The van der Waals surface area contributed by atoms with Gasteiger partial charge in [-0.05, 0) is 27.7 Å². The number of piperazine rings is 1. The largest absolute Gasteiger partial charge is 0.530 e. The molecule has 0 bridgehead atoms. The summed E-state index contributed by atoms with van der Waals surface area (Å²) >= 11 is 0. The topological polar surface area (TPSA) is 99.2 Å². The Morgan fingerprint density at radius 2 is 1.86 bits per heavy atom. The molecule has 22 heavy (non-hydrogen) atoms. The van der Waals surface area contributed by atoms with Gasteiger partial charge >= 0.3 is 12.1 Å². The summed E-state index contributed by atoms with van der Waals surface area (Å²) in [7, 11) is 0. The van der Waals surface area contributed by atoms with Crippen molar-refractivity contribution in [2.24, 2.45) is 0 Å². The van der Waals surface area contributed by atoms with Gasteiger partial charge in [0.2, 0.25) is 0 Å². The maximum atomic E-state index is 12.1. The first-order valence-electron chi connectivity index (χ1n) is 7.25. The third-order valence-electron chi connectivity index (χ3n) is 3.08. The van der Waals surface area contributed by atoms with Gasteiger partial charge in [0.1, 0.15) is 11.7 Å². The van der Waals surface area contributed by atoms with Crippen molar-refractivity contribution in [1.82, 2.24) is 9.80 Å². The van der Waals surface area contributed by atoms with Gasteiger partial charge in [-0.15, -0.1) is 0 Å². The standard InChI is InChI=1S/C14H24N2O6/c1-5-21-11(17)8-10-9-15(6-7-16(10)12(18)19)13(20)22-14(2,3)4/h10H,5-9H2,1-4H3,(H,18,19)/p-1. The van der Waals surface area contributed by atoms with Crippen molar-refractivity contribution >= 4 is 18.2 Å². The molecule has 0 spiro atoms. The Bertz CT molecular complexity index is 432. The fraction of sp³-hybridized carbons (Fsp3) is 0.786. The highest BCUT2D eigenvalue weighted by Crippen LogP contribution is 2.17.